The maximum atomic E-state index is 12.6. The number of aromatic amines is 1. The molecule has 0 saturated heterocycles. The van der Waals surface area contributed by atoms with Crippen molar-refractivity contribution in [1.82, 2.24) is 19.7 Å². The second-order valence-corrected chi connectivity index (χ2v) is 7.57. The lowest BCUT2D eigenvalue weighted by atomic mass is 10.1. The standard InChI is InChI=1S/C22H26N4O4S/c1-5-26-19(15-11-9-8-10-12-15)24-25-22(26)31-13-16-17(20(27)29-6-2)14(4)18(23-16)21(28)30-7-3/h8-12,23H,5-7,13H2,1-4H3. The number of aromatic nitrogens is 4. The lowest BCUT2D eigenvalue weighted by Crippen LogP contribution is -2.09. The third-order valence-corrected chi connectivity index (χ3v) is 5.69. The van der Waals surface area contributed by atoms with Crippen molar-refractivity contribution in [3.05, 3.63) is 52.8 Å². The van der Waals surface area contributed by atoms with Crippen LogP contribution < -0.4 is 0 Å². The van der Waals surface area contributed by atoms with Gasteiger partial charge in [-0.15, -0.1) is 10.2 Å². The van der Waals surface area contributed by atoms with E-state index in [2.05, 4.69) is 15.2 Å². The molecule has 0 bridgehead atoms. The first-order valence-electron chi connectivity index (χ1n) is 10.2. The number of rotatable bonds is 9. The molecule has 0 aliphatic carbocycles. The van der Waals surface area contributed by atoms with Crippen molar-refractivity contribution in [1.29, 1.82) is 0 Å². The van der Waals surface area contributed by atoms with Gasteiger partial charge in [0.1, 0.15) is 5.69 Å². The van der Waals surface area contributed by atoms with Gasteiger partial charge in [-0.25, -0.2) is 9.59 Å². The van der Waals surface area contributed by atoms with E-state index in [9.17, 15) is 9.59 Å². The summed E-state index contributed by atoms with van der Waals surface area (Å²) in [7, 11) is 0. The van der Waals surface area contributed by atoms with E-state index in [0.717, 1.165) is 16.5 Å². The third kappa shape index (κ3) is 4.82. The summed E-state index contributed by atoms with van der Waals surface area (Å²) in [6.07, 6.45) is 0. The number of H-pyrrole nitrogens is 1. The quantitative estimate of drug-likeness (QED) is 0.391. The van der Waals surface area contributed by atoms with Crippen LogP contribution >= 0.6 is 11.8 Å². The summed E-state index contributed by atoms with van der Waals surface area (Å²) in [5, 5.41) is 9.41. The van der Waals surface area contributed by atoms with Gasteiger partial charge in [0.2, 0.25) is 0 Å². The zero-order valence-corrected chi connectivity index (χ0v) is 18.9. The molecule has 0 atom stereocenters. The minimum Gasteiger partial charge on any atom is -0.462 e. The van der Waals surface area contributed by atoms with Crippen LogP contribution in [0.3, 0.4) is 0 Å². The van der Waals surface area contributed by atoms with Gasteiger partial charge in [0.15, 0.2) is 11.0 Å². The number of carbonyl (C=O) groups excluding carboxylic acids is 2. The van der Waals surface area contributed by atoms with Crippen LogP contribution in [0.15, 0.2) is 35.5 Å². The molecule has 8 nitrogen and oxygen atoms in total. The van der Waals surface area contributed by atoms with Gasteiger partial charge in [-0.05, 0) is 33.3 Å². The van der Waals surface area contributed by atoms with Gasteiger partial charge in [0.05, 0.1) is 18.8 Å². The summed E-state index contributed by atoms with van der Waals surface area (Å²) in [5.74, 6) is 0.210. The zero-order valence-electron chi connectivity index (χ0n) is 18.1. The van der Waals surface area contributed by atoms with E-state index in [-0.39, 0.29) is 18.9 Å². The first-order chi connectivity index (χ1) is 15.0. The van der Waals surface area contributed by atoms with E-state index >= 15 is 0 Å². The molecule has 0 saturated carbocycles. The molecule has 0 unspecified atom stereocenters. The lowest BCUT2D eigenvalue weighted by molar-refractivity contribution is 0.0518. The molecule has 2 heterocycles. The molecular formula is C22H26N4O4S. The number of hydrogen-bond acceptors (Lipinski definition) is 7. The predicted molar refractivity (Wildman–Crippen MR) is 118 cm³/mol. The molecule has 1 aromatic carbocycles. The molecule has 31 heavy (non-hydrogen) atoms. The number of ether oxygens (including phenoxy) is 2. The SMILES string of the molecule is CCOC(=O)c1[nH]c(CSc2nnc(-c3ccccc3)n2CC)c(C(=O)OCC)c1C. The highest BCUT2D eigenvalue weighted by molar-refractivity contribution is 7.98. The van der Waals surface area contributed by atoms with Crippen molar-refractivity contribution >= 4 is 23.7 Å². The maximum absolute atomic E-state index is 12.6. The van der Waals surface area contributed by atoms with Crippen LogP contribution in [0.25, 0.3) is 11.4 Å². The van der Waals surface area contributed by atoms with Crippen LogP contribution in [0.2, 0.25) is 0 Å². The smallest absolute Gasteiger partial charge is 0.355 e. The summed E-state index contributed by atoms with van der Waals surface area (Å²) in [4.78, 5) is 27.9. The number of esters is 2. The van der Waals surface area contributed by atoms with Crippen molar-refractivity contribution < 1.29 is 19.1 Å². The molecule has 3 rings (SSSR count). The molecule has 164 valence electrons. The van der Waals surface area contributed by atoms with E-state index in [1.54, 1.807) is 20.8 Å². The Balaban J connectivity index is 1.91. The minimum atomic E-state index is -0.495. The lowest BCUT2D eigenvalue weighted by Gasteiger charge is -2.08. The Morgan fingerprint density at radius 2 is 1.71 bits per heavy atom. The number of carbonyl (C=O) groups is 2. The highest BCUT2D eigenvalue weighted by Gasteiger charge is 2.26. The van der Waals surface area contributed by atoms with Crippen LogP contribution in [-0.2, 0) is 21.8 Å². The second-order valence-electron chi connectivity index (χ2n) is 6.62. The molecule has 3 aromatic rings. The van der Waals surface area contributed by atoms with Crippen molar-refractivity contribution in [2.75, 3.05) is 13.2 Å². The number of benzene rings is 1. The Morgan fingerprint density at radius 3 is 2.35 bits per heavy atom. The average Bonchev–Trinajstić information content (AvgIpc) is 3.33. The maximum Gasteiger partial charge on any atom is 0.355 e. The first kappa shape index (κ1) is 22.6. The molecule has 0 aliphatic rings. The largest absolute Gasteiger partial charge is 0.462 e. The molecule has 0 amide bonds. The Morgan fingerprint density at radius 1 is 1.03 bits per heavy atom. The number of thioether (sulfide) groups is 1. The molecule has 9 heteroatoms. The Kier molecular flexibility index (Phi) is 7.51. The molecular weight excluding hydrogens is 416 g/mol. The van der Waals surface area contributed by atoms with Crippen molar-refractivity contribution in [3.8, 4) is 11.4 Å². The van der Waals surface area contributed by atoms with Gasteiger partial charge in [0.25, 0.3) is 0 Å². The third-order valence-electron chi connectivity index (χ3n) is 4.70. The van der Waals surface area contributed by atoms with E-state index in [0.29, 0.717) is 29.1 Å². The number of hydrogen-bond donors (Lipinski definition) is 1. The monoisotopic (exact) mass is 442 g/mol. The van der Waals surface area contributed by atoms with E-state index < -0.39 is 11.9 Å². The molecule has 0 radical (unpaired) electrons. The van der Waals surface area contributed by atoms with Crippen LogP contribution in [-0.4, -0.2) is 44.9 Å². The fourth-order valence-corrected chi connectivity index (χ4v) is 4.23. The van der Waals surface area contributed by atoms with Crippen LogP contribution in [0.1, 0.15) is 52.9 Å². The molecule has 2 aromatic heterocycles. The molecule has 0 fully saturated rings. The first-order valence-corrected chi connectivity index (χ1v) is 11.2. The molecule has 0 aliphatic heterocycles. The van der Waals surface area contributed by atoms with Gasteiger partial charge in [-0.2, -0.15) is 0 Å². The van der Waals surface area contributed by atoms with Gasteiger partial charge in [-0.1, -0.05) is 42.1 Å². The van der Waals surface area contributed by atoms with Crippen molar-refractivity contribution in [3.63, 3.8) is 0 Å². The van der Waals surface area contributed by atoms with Gasteiger partial charge in [0, 0.05) is 23.6 Å². The summed E-state index contributed by atoms with van der Waals surface area (Å²) in [5.41, 5.74) is 2.73. The van der Waals surface area contributed by atoms with Gasteiger partial charge >= 0.3 is 11.9 Å². The van der Waals surface area contributed by atoms with E-state index in [1.165, 1.54) is 11.8 Å². The average molecular weight is 443 g/mol. The van der Waals surface area contributed by atoms with E-state index in [4.69, 9.17) is 9.47 Å². The topological polar surface area (TPSA) is 99.1 Å². The Bertz CT molecular complexity index is 1060. The zero-order chi connectivity index (χ0) is 22.4. The van der Waals surface area contributed by atoms with Crippen LogP contribution in [0, 0.1) is 6.92 Å². The Labute approximate surface area is 185 Å². The van der Waals surface area contributed by atoms with E-state index in [1.807, 2.05) is 41.8 Å². The Hall–Kier alpha value is -3.07. The van der Waals surface area contributed by atoms with Crippen molar-refractivity contribution in [2.24, 2.45) is 0 Å². The minimum absolute atomic E-state index is 0.245. The fraction of sp³-hybridized carbons (Fsp3) is 0.364. The fourth-order valence-electron chi connectivity index (χ4n) is 3.27. The summed E-state index contributed by atoms with van der Waals surface area (Å²) in [6, 6.07) is 9.85. The molecule has 1 N–H and O–H groups in total. The number of nitrogens with one attached hydrogen (secondary N) is 1. The van der Waals surface area contributed by atoms with Gasteiger partial charge < -0.3 is 19.0 Å². The number of nitrogens with zero attached hydrogens (tertiary/aromatic N) is 3. The molecule has 0 spiro atoms. The van der Waals surface area contributed by atoms with Crippen molar-refractivity contribution in [2.45, 2.75) is 45.1 Å². The highest BCUT2D eigenvalue weighted by atomic mass is 32.2. The summed E-state index contributed by atoms with van der Waals surface area (Å²) >= 11 is 1.44. The summed E-state index contributed by atoms with van der Waals surface area (Å²) < 4.78 is 12.3. The highest BCUT2D eigenvalue weighted by Crippen LogP contribution is 2.29. The second kappa shape index (κ2) is 10.3. The normalized spacial score (nSPS) is 10.8. The van der Waals surface area contributed by atoms with Crippen LogP contribution in [0.4, 0.5) is 0 Å². The van der Waals surface area contributed by atoms with Crippen LogP contribution in [0.5, 0.6) is 0 Å². The predicted octanol–water partition coefficient (Wildman–Crippen LogP) is 4.25. The summed E-state index contributed by atoms with van der Waals surface area (Å²) in [6.45, 7) is 8.42. The van der Waals surface area contributed by atoms with Gasteiger partial charge in [-0.3, -0.25) is 0 Å².